The number of pyridine rings is 1. The first kappa shape index (κ1) is 22.1. The number of anilines is 2. The Morgan fingerprint density at radius 2 is 1.72 bits per heavy atom. The van der Waals surface area contributed by atoms with Crippen molar-refractivity contribution in [3.8, 4) is 0 Å². The molecule has 3 N–H and O–H groups in total. The maximum atomic E-state index is 12.7. The van der Waals surface area contributed by atoms with E-state index >= 15 is 0 Å². The van der Waals surface area contributed by atoms with Gasteiger partial charge in [0.05, 0.1) is 18.9 Å². The highest BCUT2D eigenvalue weighted by molar-refractivity contribution is 9.10. The minimum absolute atomic E-state index is 0.330. The maximum absolute atomic E-state index is 12.7. The van der Waals surface area contributed by atoms with E-state index in [1.54, 1.807) is 54.0 Å². The molecule has 0 saturated carbocycles. The molecule has 3 heterocycles. The molecule has 1 aromatic carbocycles. The van der Waals surface area contributed by atoms with Crippen LogP contribution in [-0.4, -0.2) is 53.8 Å². The molecule has 10 heteroatoms. The standard InChI is InChI=1S/C22H20BrN5O3S/c23-16-5-6-18(25-13-16)27-22(30)19-17(7-12-32-19)26-21(29)15-3-1-14(2-4-15)20(24)28-8-10-31-11-9-28/h1-7,12-13,24H,8-11H2,(H,26,29)(H,25,27,30). The number of benzene rings is 1. The summed E-state index contributed by atoms with van der Waals surface area (Å²) >= 11 is 4.54. The van der Waals surface area contributed by atoms with Gasteiger partial charge in [-0.25, -0.2) is 4.98 Å². The van der Waals surface area contributed by atoms with Gasteiger partial charge in [-0.3, -0.25) is 15.0 Å². The molecule has 3 aromatic rings. The molecule has 0 unspecified atom stereocenters. The van der Waals surface area contributed by atoms with Crippen molar-refractivity contribution in [1.29, 1.82) is 5.41 Å². The fraction of sp³-hybridized carbons (Fsp3) is 0.182. The third-order valence-electron chi connectivity index (χ3n) is 4.84. The molecule has 0 spiro atoms. The lowest BCUT2D eigenvalue weighted by atomic mass is 10.1. The van der Waals surface area contributed by atoms with Gasteiger partial charge in [-0.1, -0.05) is 12.1 Å². The third-order valence-corrected chi connectivity index (χ3v) is 6.22. The van der Waals surface area contributed by atoms with Crippen LogP contribution < -0.4 is 10.6 Å². The molecule has 1 saturated heterocycles. The van der Waals surface area contributed by atoms with E-state index in [9.17, 15) is 9.59 Å². The number of carbonyl (C=O) groups is 2. The molecule has 0 radical (unpaired) electrons. The number of rotatable bonds is 5. The second-order valence-electron chi connectivity index (χ2n) is 6.96. The number of thiophene rings is 1. The fourth-order valence-corrected chi connectivity index (χ4v) is 4.13. The second kappa shape index (κ2) is 10.0. The topological polar surface area (TPSA) is 107 Å². The van der Waals surface area contributed by atoms with Crippen LogP contribution in [0.2, 0.25) is 0 Å². The third kappa shape index (κ3) is 5.21. The molecule has 1 aliphatic heterocycles. The van der Waals surface area contributed by atoms with E-state index in [0.29, 0.717) is 54.1 Å². The average Bonchev–Trinajstić information content (AvgIpc) is 3.29. The van der Waals surface area contributed by atoms with Crippen molar-refractivity contribution in [2.24, 2.45) is 0 Å². The van der Waals surface area contributed by atoms with Crippen LogP contribution in [0.25, 0.3) is 0 Å². The highest BCUT2D eigenvalue weighted by Gasteiger charge is 2.18. The summed E-state index contributed by atoms with van der Waals surface area (Å²) in [4.78, 5) is 31.8. The van der Waals surface area contributed by atoms with Gasteiger partial charge in [0.1, 0.15) is 16.5 Å². The molecule has 1 fully saturated rings. The number of morpholine rings is 1. The quantitative estimate of drug-likeness (QED) is 0.352. The van der Waals surface area contributed by atoms with Gasteiger partial charge in [-0.2, -0.15) is 0 Å². The zero-order valence-electron chi connectivity index (χ0n) is 16.9. The van der Waals surface area contributed by atoms with E-state index in [1.165, 1.54) is 11.3 Å². The molecule has 0 bridgehead atoms. The lowest BCUT2D eigenvalue weighted by molar-refractivity contribution is 0.0680. The number of nitrogens with zero attached hydrogens (tertiary/aromatic N) is 2. The maximum Gasteiger partial charge on any atom is 0.269 e. The van der Waals surface area contributed by atoms with Gasteiger partial charge < -0.3 is 20.3 Å². The number of amidine groups is 1. The SMILES string of the molecule is N=C(c1ccc(C(=O)Nc2ccsc2C(=O)Nc2ccc(Br)cn2)cc1)N1CCOCC1. The lowest BCUT2D eigenvalue weighted by Gasteiger charge is -2.29. The van der Waals surface area contributed by atoms with Gasteiger partial charge in [0, 0.05) is 34.9 Å². The average molecular weight is 514 g/mol. The van der Waals surface area contributed by atoms with Gasteiger partial charge in [0.15, 0.2) is 0 Å². The normalized spacial score (nSPS) is 13.5. The number of nitrogens with one attached hydrogen (secondary N) is 3. The Morgan fingerprint density at radius 3 is 2.41 bits per heavy atom. The molecular formula is C22H20BrN5O3S. The first-order chi connectivity index (χ1) is 15.5. The first-order valence-electron chi connectivity index (χ1n) is 9.85. The highest BCUT2D eigenvalue weighted by Crippen LogP contribution is 2.24. The van der Waals surface area contributed by atoms with Crippen LogP contribution in [0.1, 0.15) is 25.6 Å². The second-order valence-corrected chi connectivity index (χ2v) is 8.79. The Hall–Kier alpha value is -3.08. The van der Waals surface area contributed by atoms with Crippen LogP contribution in [0.15, 0.2) is 58.5 Å². The summed E-state index contributed by atoms with van der Waals surface area (Å²) in [6.07, 6.45) is 1.59. The van der Waals surface area contributed by atoms with Crippen LogP contribution in [0.3, 0.4) is 0 Å². The van der Waals surface area contributed by atoms with Crippen LogP contribution in [0.5, 0.6) is 0 Å². The zero-order valence-corrected chi connectivity index (χ0v) is 19.3. The van der Waals surface area contributed by atoms with E-state index < -0.39 is 0 Å². The fourth-order valence-electron chi connectivity index (χ4n) is 3.15. The summed E-state index contributed by atoms with van der Waals surface area (Å²) in [5.41, 5.74) is 1.61. The van der Waals surface area contributed by atoms with Gasteiger partial charge >= 0.3 is 0 Å². The zero-order chi connectivity index (χ0) is 22.5. The van der Waals surface area contributed by atoms with E-state index in [1.807, 2.05) is 4.90 Å². The number of ether oxygens (including phenoxy) is 1. The summed E-state index contributed by atoms with van der Waals surface area (Å²) in [5, 5.41) is 15.6. The van der Waals surface area contributed by atoms with Crippen molar-refractivity contribution in [2.45, 2.75) is 0 Å². The number of halogens is 1. The van der Waals surface area contributed by atoms with Crippen molar-refractivity contribution in [1.82, 2.24) is 9.88 Å². The molecule has 164 valence electrons. The summed E-state index contributed by atoms with van der Waals surface area (Å²) in [6.45, 7) is 2.58. The van der Waals surface area contributed by atoms with Crippen molar-refractivity contribution >= 4 is 56.4 Å². The number of hydrogen-bond donors (Lipinski definition) is 3. The summed E-state index contributed by atoms with van der Waals surface area (Å²) in [5.74, 6) is 0.156. The van der Waals surface area contributed by atoms with Crippen molar-refractivity contribution in [2.75, 3.05) is 36.9 Å². The number of carbonyl (C=O) groups excluding carboxylic acids is 2. The van der Waals surface area contributed by atoms with E-state index in [4.69, 9.17) is 10.1 Å². The minimum atomic E-state index is -0.348. The van der Waals surface area contributed by atoms with Crippen LogP contribution in [-0.2, 0) is 4.74 Å². The Labute approximate surface area is 197 Å². The van der Waals surface area contributed by atoms with Gasteiger partial charge in [0.2, 0.25) is 0 Å². The monoisotopic (exact) mass is 513 g/mol. The van der Waals surface area contributed by atoms with Crippen molar-refractivity contribution in [3.05, 3.63) is 74.5 Å². The molecule has 2 amide bonds. The smallest absolute Gasteiger partial charge is 0.269 e. The Morgan fingerprint density at radius 1 is 1.00 bits per heavy atom. The molecule has 8 nitrogen and oxygen atoms in total. The Balaban J connectivity index is 1.41. The predicted molar refractivity (Wildman–Crippen MR) is 128 cm³/mol. The van der Waals surface area contributed by atoms with Crippen LogP contribution in [0, 0.1) is 5.41 Å². The summed E-state index contributed by atoms with van der Waals surface area (Å²) < 4.78 is 6.14. The summed E-state index contributed by atoms with van der Waals surface area (Å²) in [6, 6.07) is 12.0. The molecule has 1 aliphatic rings. The van der Waals surface area contributed by atoms with Gasteiger partial charge in [-0.15, -0.1) is 11.3 Å². The summed E-state index contributed by atoms with van der Waals surface area (Å²) in [7, 11) is 0. The van der Waals surface area contributed by atoms with E-state index in [-0.39, 0.29) is 11.8 Å². The highest BCUT2D eigenvalue weighted by atomic mass is 79.9. The molecule has 32 heavy (non-hydrogen) atoms. The Bertz CT molecular complexity index is 1130. The minimum Gasteiger partial charge on any atom is -0.378 e. The van der Waals surface area contributed by atoms with Crippen molar-refractivity contribution in [3.63, 3.8) is 0 Å². The van der Waals surface area contributed by atoms with Crippen molar-refractivity contribution < 1.29 is 14.3 Å². The largest absolute Gasteiger partial charge is 0.378 e. The molecular weight excluding hydrogens is 494 g/mol. The molecule has 4 rings (SSSR count). The molecule has 0 aliphatic carbocycles. The molecule has 2 aromatic heterocycles. The number of amides is 2. The van der Waals surface area contributed by atoms with Gasteiger partial charge in [-0.05, 0) is 51.6 Å². The first-order valence-corrected chi connectivity index (χ1v) is 11.5. The number of aromatic nitrogens is 1. The van der Waals surface area contributed by atoms with E-state index in [0.717, 1.165) is 10.0 Å². The van der Waals surface area contributed by atoms with E-state index in [2.05, 4.69) is 31.5 Å². The Kier molecular flexibility index (Phi) is 6.93. The van der Waals surface area contributed by atoms with Crippen LogP contribution >= 0.6 is 27.3 Å². The lowest BCUT2D eigenvalue weighted by Crippen LogP contribution is -2.40. The number of hydrogen-bond acceptors (Lipinski definition) is 6. The van der Waals surface area contributed by atoms with Gasteiger partial charge in [0.25, 0.3) is 11.8 Å². The predicted octanol–water partition coefficient (Wildman–Crippen LogP) is 4.07. The molecule has 0 atom stereocenters. The van der Waals surface area contributed by atoms with Crippen LogP contribution in [0.4, 0.5) is 11.5 Å².